The number of ketones is 1. The summed E-state index contributed by atoms with van der Waals surface area (Å²) in [6, 6.07) is 21.3. The first-order valence-electron chi connectivity index (χ1n) is 15.4. The summed E-state index contributed by atoms with van der Waals surface area (Å²) in [5.74, 6) is -8.96. The fraction of sp³-hybridized carbons (Fsp3) is 0.371. The molecule has 2 atom stereocenters. The SMILES string of the molecule is CC(C)[C@@H](C(=O)N[C@@H](Cc1ccc(OCc2ccccc2)cc1)C(=O)C(F)(F)C(=O)N1CCOCC1)N(Cc1ccccc1)C(=O)O. The van der Waals surface area contributed by atoms with Crippen molar-refractivity contribution in [1.29, 1.82) is 0 Å². The average Bonchev–Trinajstić information content (AvgIpc) is 3.07. The normalized spacial score (nSPS) is 14.6. The Morgan fingerprint density at radius 2 is 1.47 bits per heavy atom. The first-order valence-corrected chi connectivity index (χ1v) is 15.4. The molecule has 10 nitrogen and oxygen atoms in total. The van der Waals surface area contributed by atoms with Gasteiger partial charge in [-0.1, -0.05) is 86.6 Å². The highest BCUT2D eigenvalue weighted by Gasteiger charge is 2.53. The Balaban J connectivity index is 1.58. The van der Waals surface area contributed by atoms with E-state index in [0.717, 1.165) is 15.4 Å². The molecular weight excluding hydrogens is 612 g/mol. The number of hydrogen-bond donors (Lipinski definition) is 2. The number of carboxylic acid groups (broad SMARTS) is 1. The summed E-state index contributed by atoms with van der Waals surface area (Å²) in [4.78, 5) is 54.2. The van der Waals surface area contributed by atoms with E-state index in [4.69, 9.17) is 9.47 Å². The molecule has 0 saturated carbocycles. The molecule has 2 N–H and O–H groups in total. The maximum absolute atomic E-state index is 15.6. The molecule has 3 aromatic carbocycles. The molecule has 0 bridgehead atoms. The smallest absolute Gasteiger partial charge is 0.408 e. The van der Waals surface area contributed by atoms with Gasteiger partial charge in [0.25, 0.3) is 0 Å². The van der Waals surface area contributed by atoms with Crippen LogP contribution in [0.5, 0.6) is 5.75 Å². The molecule has 3 aromatic rings. The van der Waals surface area contributed by atoms with E-state index in [9.17, 15) is 24.3 Å². The molecule has 0 aromatic heterocycles. The van der Waals surface area contributed by atoms with Crippen molar-refractivity contribution in [3.63, 3.8) is 0 Å². The second kappa shape index (κ2) is 16.1. The number of rotatable bonds is 14. The largest absolute Gasteiger partial charge is 0.489 e. The molecule has 0 unspecified atom stereocenters. The number of carbonyl (C=O) groups excluding carboxylic acids is 3. The Labute approximate surface area is 272 Å². The molecule has 47 heavy (non-hydrogen) atoms. The van der Waals surface area contributed by atoms with Crippen LogP contribution < -0.4 is 10.1 Å². The van der Waals surface area contributed by atoms with E-state index in [-0.39, 0.29) is 39.3 Å². The summed E-state index contributed by atoms with van der Waals surface area (Å²) in [5, 5.41) is 12.4. The van der Waals surface area contributed by atoms with Crippen LogP contribution in [0.3, 0.4) is 0 Å². The number of carbonyl (C=O) groups is 4. The Morgan fingerprint density at radius 3 is 2.02 bits per heavy atom. The first kappa shape index (κ1) is 35.0. The van der Waals surface area contributed by atoms with Crippen LogP contribution in [0.1, 0.15) is 30.5 Å². The van der Waals surface area contributed by atoms with E-state index in [2.05, 4.69) is 5.32 Å². The molecule has 1 saturated heterocycles. The van der Waals surface area contributed by atoms with Crippen LogP contribution in [0.4, 0.5) is 13.6 Å². The molecule has 0 radical (unpaired) electrons. The molecule has 1 aliphatic heterocycles. The van der Waals surface area contributed by atoms with Crippen molar-refractivity contribution in [3.8, 4) is 5.75 Å². The van der Waals surface area contributed by atoms with Gasteiger partial charge in [-0.2, -0.15) is 8.78 Å². The average molecular weight is 652 g/mol. The fourth-order valence-electron chi connectivity index (χ4n) is 5.32. The topological polar surface area (TPSA) is 125 Å². The Kier molecular flexibility index (Phi) is 12.0. The lowest BCUT2D eigenvalue weighted by molar-refractivity contribution is -0.170. The van der Waals surface area contributed by atoms with Gasteiger partial charge < -0.3 is 24.8 Å². The summed E-state index contributed by atoms with van der Waals surface area (Å²) >= 11 is 0. The number of halogens is 2. The van der Waals surface area contributed by atoms with Crippen LogP contribution in [0, 0.1) is 5.92 Å². The molecule has 0 aliphatic carbocycles. The number of Topliss-reactive ketones (excluding diaryl/α,β-unsaturated/α-hetero) is 1. The number of hydrogen-bond acceptors (Lipinski definition) is 6. The maximum atomic E-state index is 15.6. The predicted octanol–water partition coefficient (Wildman–Crippen LogP) is 4.56. The van der Waals surface area contributed by atoms with Crippen LogP contribution in [0.25, 0.3) is 0 Å². The molecule has 1 fully saturated rings. The van der Waals surface area contributed by atoms with E-state index in [0.29, 0.717) is 23.5 Å². The van der Waals surface area contributed by atoms with Crippen LogP contribution in [0.15, 0.2) is 84.9 Å². The van der Waals surface area contributed by atoms with Crippen molar-refractivity contribution < 1.29 is 42.5 Å². The number of alkyl halides is 2. The lowest BCUT2D eigenvalue weighted by Gasteiger charge is -2.34. The lowest BCUT2D eigenvalue weighted by Crippen LogP contribution is -2.60. The lowest BCUT2D eigenvalue weighted by atomic mass is 9.95. The van der Waals surface area contributed by atoms with Gasteiger partial charge >= 0.3 is 17.9 Å². The quantitative estimate of drug-likeness (QED) is 0.245. The summed E-state index contributed by atoms with van der Waals surface area (Å²) in [7, 11) is 0. The van der Waals surface area contributed by atoms with Gasteiger partial charge in [-0.3, -0.25) is 19.3 Å². The molecule has 0 spiro atoms. The van der Waals surface area contributed by atoms with Crippen molar-refractivity contribution in [3.05, 3.63) is 102 Å². The van der Waals surface area contributed by atoms with Gasteiger partial charge in [-0.15, -0.1) is 0 Å². The Morgan fingerprint density at radius 1 is 0.894 bits per heavy atom. The van der Waals surface area contributed by atoms with Crippen molar-refractivity contribution in [1.82, 2.24) is 15.1 Å². The molecule has 1 heterocycles. The van der Waals surface area contributed by atoms with E-state index in [1.807, 2.05) is 30.3 Å². The van der Waals surface area contributed by atoms with Crippen molar-refractivity contribution >= 4 is 23.7 Å². The zero-order chi connectivity index (χ0) is 34.0. The standard InChI is InChI=1S/C35H39F2N3O7/c1-24(2)30(40(34(44)45)22-26-9-5-3-6-10-26)32(42)38-29(31(41)35(36,37)33(43)39-17-19-46-20-18-39)21-25-13-15-28(16-14-25)47-23-27-11-7-4-8-12-27/h3-16,24,29-30H,17-23H2,1-2H3,(H,38,42)(H,44,45)/t29-,30-/m0/s1. The van der Waals surface area contributed by atoms with Gasteiger partial charge in [0.1, 0.15) is 18.4 Å². The van der Waals surface area contributed by atoms with E-state index in [1.54, 1.807) is 68.4 Å². The summed E-state index contributed by atoms with van der Waals surface area (Å²) < 4.78 is 42.1. The van der Waals surface area contributed by atoms with Crippen LogP contribution in [0.2, 0.25) is 0 Å². The van der Waals surface area contributed by atoms with Gasteiger partial charge in [-0.05, 0) is 34.7 Å². The van der Waals surface area contributed by atoms with Gasteiger partial charge in [0.05, 0.1) is 19.3 Å². The van der Waals surface area contributed by atoms with Gasteiger partial charge in [0.15, 0.2) is 0 Å². The second-order valence-electron chi connectivity index (χ2n) is 11.6. The maximum Gasteiger partial charge on any atom is 0.408 e. The highest BCUT2D eigenvalue weighted by Crippen LogP contribution is 2.25. The van der Waals surface area contributed by atoms with Gasteiger partial charge in [0, 0.05) is 26.1 Å². The zero-order valence-corrected chi connectivity index (χ0v) is 26.3. The number of amides is 3. The molecular formula is C35H39F2N3O7. The van der Waals surface area contributed by atoms with Crippen LogP contribution >= 0.6 is 0 Å². The minimum Gasteiger partial charge on any atom is -0.489 e. The molecule has 4 rings (SSSR count). The minimum absolute atomic E-state index is 0.0529. The predicted molar refractivity (Wildman–Crippen MR) is 169 cm³/mol. The number of ether oxygens (including phenoxy) is 2. The minimum atomic E-state index is -4.46. The molecule has 12 heteroatoms. The summed E-state index contributed by atoms with van der Waals surface area (Å²) in [5.41, 5.74) is 1.96. The summed E-state index contributed by atoms with van der Waals surface area (Å²) in [6.07, 6.45) is -1.78. The monoisotopic (exact) mass is 651 g/mol. The van der Waals surface area contributed by atoms with Crippen molar-refractivity contribution in [2.75, 3.05) is 26.3 Å². The third kappa shape index (κ3) is 9.35. The van der Waals surface area contributed by atoms with Crippen LogP contribution in [-0.2, 0) is 38.7 Å². The highest BCUT2D eigenvalue weighted by atomic mass is 19.3. The zero-order valence-electron chi connectivity index (χ0n) is 26.3. The van der Waals surface area contributed by atoms with E-state index in [1.165, 1.54) is 0 Å². The van der Waals surface area contributed by atoms with E-state index >= 15 is 8.78 Å². The third-order valence-corrected chi connectivity index (χ3v) is 7.80. The first-order chi connectivity index (χ1) is 22.5. The highest BCUT2D eigenvalue weighted by molar-refractivity contribution is 6.10. The molecule has 1 aliphatic rings. The fourth-order valence-corrected chi connectivity index (χ4v) is 5.32. The molecule has 3 amide bonds. The number of nitrogens with one attached hydrogen (secondary N) is 1. The summed E-state index contributed by atoms with van der Waals surface area (Å²) in [6.45, 7) is 3.28. The number of morpholine rings is 1. The van der Waals surface area contributed by atoms with Gasteiger partial charge in [-0.25, -0.2) is 4.79 Å². The number of nitrogens with zero attached hydrogens (tertiary/aromatic N) is 2. The second-order valence-corrected chi connectivity index (χ2v) is 11.6. The molecule has 250 valence electrons. The Hall–Kier alpha value is -4.84. The van der Waals surface area contributed by atoms with E-state index < -0.39 is 47.6 Å². The third-order valence-electron chi connectivity index (χ3n) is 7.80. The van der Waals surface area contributed by atoms with Crippen LogP contribution in [-0.4, -0.2) is 82.9 Å². The van der Waals surface area contributed by atoms with Gasteiger partial charge in [0.2, 0.25) is 11.7 Å². The Bertz CT molecular complexity index is 1500. The van der Waals surface area contributed by atoms with Crippen molar-refractivity contribution in [2.45, 2.75) is 51.4 Å². The van der Waals surface area contributed by atoms with Crippen molar-refractivity contribution in [2.24, 2.45) is 5.92 Å². The number of benzene rings is 3.